The van der Waals surface area contributed by atoms with Gasteiger partial charge < -0.3 is 15.0 Å². The van der Waals surface area contributed by atoms with Crippen molar-refractivity contribution in [3.8, 4) is 5.75 Å². The maximum Gasteiger partial charge on any atom is 0.244 e. The first-order valence-corrected chi connectivity index (χ1v) is 9.16. The number of nitrogens with one attached hydrogen (secondary N) is 1. The number of benzene rings is 1. The lowest BCUT2D eigenvalue weighted by atomic mass is 10.0. The topological polar surface area (TPSA) is 59.4 Å². The molecule has 1 N–H and O–H groups in total. The van der Waals surface area contributed by atoms with E-state index < -0.39 is 0 Å². The zero-order chi connectivity index (χ0) is 18.7. The summed E-state index contributed by atoms with van der Waals surface area (Å²) in [6.07, 6.45) is 5.49. The number of amides is 1. The highest BCUT2D eigenvalue weighted by Gasteiger charge is 2.29. The minimum absolute atomic E-state index is 0.102. The number of hydrogen-bond acceptors (Lipinski definition) is 4. The standard InChI is InChI=1S/C20H28N4O2/c1-14-5-6-15(2)18(11-14)26-17-7-9-24(10-8-17)20(25)19(21-3)16-12-22-23(4)13-16/h5-6,11-13,17,19,21H,7-10H2,1-4H3. The number of nitrogens with zero attached hydrogens (tertiary/aromatic N) is 3. The molecule has 1 amide bonds. The number of carbonyl (C=O) groups is 1. The number of likely N-dealkylation sites (tertiary alicyclic amines) is 1. The monoisotopic (exact) mass is 356 g/mol. The van der Waals surface area contributed by atoms with E-state index in [9.17, 15) is 4.79 Å². The predicted octanol–water partition coefficient (Wildman–Crippen LogP) is 2.37. The van der Waals surface area contributed by atoms with Gasteiger partial charge in [-0.3, -0.25) is 9.48 Å². The summed E-state index contributed by atoms with van der Waals surface area (Å²) in [4.78, 5) is 14.8. The van der Waals surface area contributed by atoms with E-state index in [0.717, 1.165) is 29.7 Å². The second-order valence-electron chi connectivity index (χ2n) is 7.08. The Labute approximate surface area is 155 Å². The van der Waals surface area contributed by atoms with E-state index in [0.29, 0.717) is 13.1 Å². The van der Waals surface area contributed by atoms with Crippen molar-refractivity contribution in [2.45, 2.75) is 38.8 Å². The van der Waals surface area contributed by atoms with Gasteiger partial charge in [0.2, 0.25) is 5.91 Å². The van der Waals surface area contributed by atoms with Gasteiger partial charge in [-0.15, -0.1) is 0 Å². The first-order chi connectivity index (χ1) is 12.5. The third kappa shape index (κ3) is 4.07. The van der Waals surface area contributed by atoms with Crippen molar-refractivity contribution in [2.75, 3.05) is 20.1 Å². The van der Waals surface area contributed by atoms with Crippen LogP contribution in [0.1, 0.15) is 35.6 Å². The van der Waals surface area contributed by atoms with Gasteiger partial charge in [0.1, 0.15) is 17.9 Å². The normalized spacial score (nSPS) is 16.5. The van der Waals surface area contributed by atoms with E-state index in [2.05, 4.69) is 42.5 Å². The molecule has 6 heteroatoms. The van der Waals surface area contributed by atoms with Crippen LogP contribution in [-0.4, -0.2) is 46.8 Å². The predicted molar refractivity (Wildman–Crippen MR) is 101 cm³/mol. The molecule has 26 heavy (non-hydrogen) atoms. The summed E-state index contributed by atoms with van der Waals surface area (Å²) in [5.41, 5.74) is 3.25. The van der Waals surface area contributed by atoms with E-state index in [4.69, 9.17) is 4.74 Å². The quantitative estimate of drug-likeness (QED) is 0.894. The molecule has 1 saturated heterocycles. The summed E-state index contributed by atoms with van der Waals surface area (Å²) in [5, 5.41) is 7.29. The molecule has 0 radical (unpaired) electrons. The fourth-order valence-corrected chi connectivity index (χ4v) is 3.41. The van der Waals surface area contributed by atoms with Crippen LogP contribution in [0.3, 0.4) is 0 Å². The van der Waals surface area contributed by atoms with Gasteiger partial charge in [0.25, 0.3) is 0 Å². The van der Waals surface area contributed by atoms with Crippen molar-refractivity contribution >= 4 is 5.91 Å². The molecule has 1 aliphatic rings. The van der Waals surface area contributed by atoms with Gasteiger partial charge in [-0.2, -0.15) is 5.10 Å². The molecule has 2 aromatic rings. The molecule has 3 rings (SSSR count). The van der Waals surface area contributed by atoms with Crippen molar-refractivity contribution in [3.63, 3.8) is 0 Å². The fraction of sp³-hybridized carbons (Fsp3) is 0.500. The molecule has 0 saturated carbocycles. The minimum atomic E-state index is -0.347. The second-order valence-corrected chi connectivity index (χ2v) is 7.08. The van der Waals surface area contributed by atoms with Crippen LogP contribution in [0, 0.1) is 13.8 Å². The lowest BCUT2D eigenvalue weighted by molar-refractivity contribution is -0.135. The number of ether oxygens (including phenoxy) is 1. The molecule has 1 unspecified atom stereocenters. The molecule has 2 heterocycles. The Morgan fingerprint density at radius 1 is 1.31 bits per heavy atom. The van der Waals surface area contributed by atoms with E-state index in [-0.39, 0.29) is 18.1 Å². The van der Waals surface area contributed by atoms with E-state index in [1.807, 2.05) is 25.2 Å². The van der Waals surface area contributed by atoms with Crippen molar-refractivity contribution in [2.24, 2.45) is 7.05 Å². The molecule has 1 fully saturated rings. The molecule has 140 valence electrons. The number of aromatic nitrogens is 2. The summed E-state index contributed by atoms with van der Waals surface area (Å²) in [7, 11) is 3.67. The van der Waals surface area contributed by atoms with Gasteiger partial charge in [0, 0.05) is 44.7 Å². The zero-order valence-corrected chi connectivity index (χ0v) is 16.0. The summed E-state index contributed by atoms with van der Waals surface area (Å²) >= 11 is 0. The average molecular weight is 356 g/mol. The van der Waals surface area contributed by atoms with E-state index in [1.54, 1.807) is 10.9 Å². The highest BCUT2D eigenvalue weighted by molar-refractivity contribution is 5.83. The molecule has 1 atom stereocenters. The molecule has 1 aromatic carbocycles. The average Bonchev–Trinajstić information content (AvgIpc) is 3.05. The van der Waals surface area contributed by atoms with Crippen LogP contribution < -0.4 is 10.1 Å². The second kappa shape index (κ2) is 7.91. The molecule has 1 aliphatic heterocycles. The molecular weight excluding hydrogens is 328 g/mol. The van der Waals surface area contributed by atoms with Crippen LogP contribution in [0.5, 0.6) is 5.75 Å². The van der Waals surface area contributed by atoms with Gasteiger partial charge in [-0.1, -0.05) is 12.1 Å². The number of likely N-dealkylation sites (N-methyl/N-ethyl adjacent to an activating group) is 1. The van der Waals surface area contributed by atoms with E-state index in [1.165, 1.54) is 5.56 Å². The smallest absolute Gasteiger partial charge is 0.244 e. The first-order valence-electron chi connectivity index (χ1n) is 9.16. The van der Waals surface area contributed by atoms with Crippen molar-refractivity contribution in [1.82, 2.24) is 20.0 Å². The Morgan fingerprint density at radius 2 is 2.04 bits per heavy atom. The largest absolute Gasteiger partial charge is 0.490 e. The minimum Gasteiger partial charge on any atom is -0.490 e. The van der Waals surface area contributed by atoms with Crippen LogP contribution in [-0.2, 0) is 11.8 Å². The van der Waals surface area contributed by atoms with Gasteiger partial charge in [0.05, 0.1) is 6.20 Å². The summed E-state index contributed by atoms with van der Waals surface area (Å²) < 4.78 is 7.92. The number of rotatable bonds is 5. The maximum absolute atomic E-state index is 12.9. The van der Waals surface area contributed by atoms with Gasteiger partial charge >= 0.3 is 0 Å². The number of carbonyl (C=O) groups excluding carboxylic acids is 1. The summed E-state index contributed by atoms with van der Waals surface area (Å²) in [5.74, 6) is 1.06. The molecule has 0 bridgehead atoms. The van der Waals surface area contributed by atoms with Crippen molar-refractivity contribution in [3.05, 3.63) is 47.3 Å². The maximum atomic E-state index is 12.9. The van der Waals surface area contributed by atoms with Gasteiger partial charge in [-0.05, 0) is 38.1 Å². The number of hydrogen-bond donors (Lipinski definition) is 1. The molecule has 0 aliphatic carbocycles. The fourth-order valence-electron chi connectivity index (χ4n) is 3.41. The SMILES string of the molecule is CNC(C(=O)N1CCC(Oc2cc(C)ccc2C)CC1)c1cnn(C)c1. The molecule has 1 aromatic heterocycles. The third-order valence-corrected chi connectivity index (χ3v) is 4.98. The molecule has 6 nitrogen and oxygen atoms in total. The van der Waals surface area contributed by atoms with Crippen LogP contribution in [0.4, 0.5) is 0 Å². The number of piperidine rings is 1. The summed E-state index contributed by atoms with van der Waals surface area (Å²) in [6, 6.07) is 5.93. The highest BCUT2D eigenvalue weighted by Crippen LogP contribution is 2.25. The summed E-state index contributed by atoms with van der Waals surface area (Å²) in [6.45, 7) is 5.57. The van der Waals surface area contributed by atoms with Crippen LogP contribution in [0.15, 0.2) is 30.6 Å². The molecule has 0 spiro atoms. The lowest BCUT2D eigenvalue weighted by Crippen LogP contribution is -2.46. The Morgan fingerprint density at radius 3 is 2.65 bits per heavy atom. The van der Waals surface area contributed by atoms with Crippen LogP contribution in [0.2, 0.25) is 0 Å². The third-order valence-electron chi connectivity index (χ3n) is 4.98. The van der Waals surface area contributed by atoms with Crippen LogP contribution >= 0.6 is 0 Å². The highest BCUT2D eigenvalue weighted by atomic mass is 16.5. The van der Waals surface area contributed by atoms with Crippen LogP contribution in [0.25, 0.3) is 0 Å². The molecular formula is C20H28N4O2. The van der Waals surface area contributed by atoms with Crippen molar-refractivity contribution < 1.29 is 9.53 Å². The van der Waals surface area contributed by atoms with Gasteiger partial charge in [-0.25, -0.2) is 0 Å². The Bertz CT molecular complexity index is 763. The lowest BCUT2D eigenvalue weighted by Gasteiger charge is -2.34. The Hall–Kier alpha value is -2.34. The Balaban J connectivity index is 1.59. The first kappa shape index (κ1) is 18.5. The zero-order valence-electron chi connectivity index (χ0n) is 16.0. The van der Waals surface area contributed by atoms with Gasteiger partial charge in [0.15, 0.2) is 0 Å². The van der Waals surface area contributed by atoms with Crippen molar-refractivity contribution in [1.29, 1.82) is 0 Å². The Kier molecular flexibility index (Phi) is 5.61. The van der Waals surface area contributed by atoms with E-state index >= 15 is 0 Å². The number of aryl methyl sites for hydroxylation is 3.